The minimum Gasteiger partial charge on any atom is -0.396 e. The summed E-state index contributed by atoms with van der Waals surface area (Å²) in [6.45, 7) is 0.0787. The van der Waals surface area contributed by atoms with Crippen molar-refractivity contribution in [1.82, 2.24) is 4.90 Å². The Bertz CT molecular complexity index is 392. The quantitative estimate of drug-likeness (QED) is 0.606. The Hall–Kier alpha value is -1.16. The summed E-state index contributed by atoms with van der Waals surface area (Å²) in [6, 6.07) is -0.0654. The first-order valence-electron chi connectivity index (χ1n) is 7.36. The van der Waals surface area contributed by atoms with Crippen LogP contribution in [0.15, 0.2) is 12.2 Å². The van der Waals surface area contributed by atoms with Gasteiger partial charge in [0.1, 0.15) is 0 Å². The highest BCUT2D eigenvalue weighted by Gasteiger charge is 2.50. The van der Waals surface area contributed by atoms with Crippen LogP contribution < -0.4 is 0 Å². The summed E-state index contributed by atoms with van der Waals surface area (Å²) in [5.41, 5.74) is 0. The van der Waals surface area contributed by atoms with Crippen LogP contribution in [-0.4, -0.2) is 34.5 Å². The molecule has 0 aromatic heterocycles. The molecule has 1 saturated carbocycles. The van der Waals surface area contributed by atoms with Gasteiger partial charge in [-0.1, -0.05) is 25.0 Å². The van der Waals surface area contributed by atoms with E-state index in [4.69, 9.17) is 0 Å². The molecule has 4 atom stereocenters. The van der Waals surface area contributed by atoms with Gasteiger partial charge >= 0.3 is 0 Å². The van der Waals surface area contributed by atoms with Gasteiger partial charge in [0.25, 0.3) is 0 Å². The molecule has 0 spiro atoms. The second-order valence-corrected chi connectivity index (χ2v) is 6.00. The molecule has 1 N–H and O–H groups in total. The van der Waals surface area contributed by atoms with Crippen molar-refractivity contribution >= 4 is 11.8 Å². The number of hydrogen-bond donors (Lipinski definition) is 1. The minimum atomic E-state index is -0.140. The molecule has 2 unspecified atom stereocenters. The van der Waals surface area contributed by atoms with E-state index in [0.717, 1.165) is 25.7 Å². The number of rotatable bonds is 2. The Morgan fingerprint density at radius 1 is 1.05 bits per heavy atom. The molecule has 19 heavy (non-hydrogen) atoms. The lowest BCUT2D eigenvalue weighted by molar-refractivity contribution is -0.145. The van der Waals surface area contributed by atoms with E-state index < -0.39 is 0 Å². The maximum absolute atomic E-state index is 12.5. The fourth-order valence-corrected chi connectivity index (χ4v) is 3.89. The van der Waals surface area contributed by atoms with Crippen LogP contribution in [0.1, 0.15) is 38.5 Å². The number of imide groups is 1. The lowest BCUT2D eigenvalue weighted by atomic mass is 9.84. The molecule has 1 heterocycles. The van der Waals surface area contributed by atoms with Gasteiger partial charge < -0.3 is 5.11 Å². The molecular weight excluding hydrogens is 242 g/mol. The van der Waals surface area contributed by atoms with Crippen molar-refractivity contribution in [1.29, 1.82) is 0 Å². The summed E-state index contributed by atoms with van der Waals surface area (Å²) < 4.78 is 0. The molecular formula is C15H21NO3. The van der Waals surface area contributed by atoms with Crippen molar-refractivity contribution in [2.24, 2.45) is 17.8 Å². The van der Waals surface area contributed by atoms with E-state index in [1.807, 2.05) is 12.2 Å². The molecule has 2 fully saturated rings. The molecule has 3 rings (SSSR count). The first-order valence-corrected chi connectivity index (χ1v) is 7.36. The number of amides is 2. The zero-order valence-corrected chi connectivity index (χ0v) is 11.1. The van der Waals surface area contributed by atoms with E-state index >= 15 is 0 Å². The highest BCUT2D eigenvalue weighted by atomic mass is 16.3. The zero-order valence-electron chi connectivity index (χ0n) is 11.1. The van der Waals surface area contributed by atoms with Gasteiger partial charge in [0, 0.05) is 18.6 Å². The third-order valence-corrected chi connectivity index (χ3v) is 4.98. The van der Waals surface area contributed by atoms with Gasteiger partial charge in [-0.2, -0.15) is 0 Å². The Kier molecular flexibility index (Phi) is 3.44. The number of carbonyl (C=O) groups excluding carboxylic acids is 2. The summed E-state index contributed by atoms with van der Waals surface area (Å²) in [4.78, 5) is 26.5. The van der Waals surface area contributed by atoms with E-state index in [1.165, 1.54) is 4.90 Å². The van der Waals surface area contributed by atoms with Crippen LogP contribution >= 0.6 is 0 Å². The van der Waals surface area contributed by atoms with E-state index in [0.29, 0.717) is 12.8 Å². The number of allylic oxidation sites excluding steroid dienone is 2. The van der Waals surface area contributed by atoms with Crippen LogP contribution in [0.5, 0.6) is 0 Å². The number of aliphatic hydroxyl groups is 1. The van der Waals surface area contributed by atoms with Gasteiger partial charge in [0.05, 0.1) is 11.8 Å². The standard InChI is InChI=1S/C15H21NO3/c17-9-10-5-1-4-8-13(10)16-14(18)11-6-2-3-7-12(11)15(16)19/h2-3,10-13,17H,1,4-9H2/t10?,11-,12+,13?. The largest absolute Gasteiger partial charge is 0.396 e. The Balaban J connectivity index is 1.84. The Morgan fingerprint density at radius 3 is 2.21 bits per heavy atom. The molecule has 4 nitrogen and oxygen atoms in total. The number of fused-ring (bicyclic) bond motifs is 1. The number of carbonyl (C=O) groups is 2. The van der Waals surface area contributed by atoms with Crippen molar-refractivity contribution in [3.05, 3.63) is 12.2 Å². The number of nitrogens with zero attached hydrogens (tertiary/aromatic N) is 1. The van der Waals surface area contributed by atoms with Crippen LogP contribution in [-0.2, 0) is 9.59 Å². The van der Waals surface area contributed by atoms with Crippen molar-refractivity contribution in [3.8, 4) is 0 Å². The van der Waals surface area contributed by atoms with Crippen LogP contribution in [0.25, 0.3) is 0 Å². The Labute approximate surface area is 113 Å². The summed E-state index contributed by atoms with van der Waals surface area (Å²) in [6.07, 6.45) is 9.34. The number of likely N-dealkylation sites (tertiary alicyclic amines) is 1. The molecule has 0 aromatic rings. The maximum Gasteiger partial charge on any atom is 0.233 e. The maximum atomic E-state index is 12.5. The topological polar surface area (TPSA) is 57.6 Å². The lowest BCUT2D eigenvalue weighted by Crippen LogP contribution is -2.47. The molecule has 0 radical (unpaired) electrons. The average Bonchev–Trinajstić information content (AvgIpc) is 2.71. The second-order valence-electron chi connectivity index (χ2n) is 6.00. The molecule has 104 valence electrons. The summed E-state index contributed by atoms with van der Waals surface area (Å²) in [5, 5.41) is 9.49. The first-order chi connectivity index (χ1) is 9.24. The third kappa shape index (κ3) is 2.02. The number of aliphatic hydroxyl groups excluding tert-OH is 1. The minimum absolute atomic E-state index is 0.00435. The van der Waals surface area contributed by atoms with E-state index in [9.17, 15) is 14.7 Å². The number of hydrogen-bond acceptors (Lipinski definition) is 3. The zero-order chi connectivity index (χ0) is 13.4. The van der Waals surface area contributed by atoms with Gasteiger partial charge in [-0.25, -0.2) is 0 Å². The van der Waals surface area contributed by atoms with E-state index in [2.05, 4.69) is 0 Å². The fourth-order valence-electron chi connectivity index (χ4n) is 3.89. The SMILES string of the molecule is O=C1[C@H]2CC=CC[C@H]2C(=O)N1C1CCCCC1CO. The fraction of sp³-hybridized carbons (Fsp3) is 0.733. The summed E-state index contributed by atoms with van der Waals surface area (Å²) in [5.74, 6) is -0.193. The molecule has 2 aliphatic carbocycles. The summed E-state index contributed by atoms with van der Waals surface area (Å²) in [7, 11) is 0. The molecule has 1 aliphatic heterocycles. The predicted octanol–water partition coefficient (Wildman–Crippen LogP) is 1.49. The van der Waals surface area contributed by atoms with Crippen LogP contribution in [0.3, 0.4) is 0 Å². The van der Waals surface area contributed by atoms with Crippen LogP contribution in [0.4, 0.5) is 0 Å². The van der Waals surface area contributed by atoms with Gasteiger partial charge in [-0.3, -0.25) is 14.5 Å². The lowest BCUT2D eigenvalue weighted by Gasteiger charge is -2.36. The van der Waals surface area contributed by atoms with Crippen molar-refractivity contribution in [3.63, 3.8) is 0 Å². The smallest absolute Gasteiger partial charge is 0.233 e. The molecule has 2 amide bonds. The molecule has 1 saturated heterocycles. The normalized spacial score (nSPS) is 38.7. The molecule has 0 aromatic carbocycles. The predicted molar refractivity (Wildman–Crippen MR) is 70.0 cm³/mol. The molecule has 4 heteroatoms. The molecule has 3 aliphatic rings. The van der Waals surface area contributed by atoms with Crippen molar-refractivity contribution < 1.29 is 14.7 Å². The summed E-state index contributed by atoms with van der Waals surface area (Å²) >= 11 is 0. The second kappa shape index (κ2) is 5.08. The van der Waals surface area contributed by atoms with Gasteiger partial charge in [-0.15, -0.1) is 0 Å². The van der Waals surface area contributed by atoms with Gasteiger partial charge in [-0.05, 0) is 25.7 Å². The Morgan fingerprint density at radius 2 is 1.63 bits per heavy atom. The van der Waals surface area contributed by atoms with E-state index in [-0.39, 0.29) is 42.2 Å². The molecule has 0 bridgehead atoms. The monoisotopic (exact) mass is 263 g/mol. The average molecular weight is 263 g/mol. The highest BCUT2D eigenvalue weighted by molar-refractivity contribution is 6.05. The van der Waals surface area contributed by atoms with E-state index in [1.54, 1.807) is 0 Å². The van der Waals surface area contributed by atoms with Gasteiger partial charge in [0.2, 0.25) is 11.8 Å². The highest BCUT2D eigenvalue weighted by Crippen LogP contribution is 2.39. The van der Waals surface area contributed by atoms with Crippen molar-refractivity contribution in [2.45, 2.75) is 44.6 Å². The van der Waals surface area contributed by atoms with Gasteiger partial charge in [0.15, 0.2) is 0 Å². The third-order valence-electron chi connectivity index (χ3n) is 4.98. The van der Waals surface area contributed by atoms with Crippen LogP contribution in [0.2, 0.25) is 0 Å². The van der Waals surface area contributed by atoms with Crippen molar-refractivity contribution in [2.75, 3.05) is 6.61 Å². The van der Waals surface area contributed by atoms with Crippen LogP contribution in [0, 0.1) is 17.8 Å². The first kappa shape index (κ1) is 12.9.